The fraction of sp³-hybridized carbons (Fsp3) is 0.778. The van der Waals surface area contributed by atoms with Gasteiger partial charge in [0.1, 0.15) is 13.2 Å². The van der Waals surface area contributed by atoms with Gasteiger partial charge in [0.05, 0.1) is 12.5 Å². The molecule has 0 N–H and O–H groups in total. The first-order valence-electron chi connectivity index (χ1n) is 9.02. The van der Waals surface area contributed by atoms with Gasteiger partial charge in [0.2, 0.25) is 11.6 Å². The lowest BCUT2D eigenvalue weighted by Gasteiger charge is -2.28. The molecule has 134 valence electrons. The molecule has 6 nitrogen and oxygen atoms in total. The van der Waals surface area contributed by atoms with Crippen LogP contribution >= 0.6 is 0 Å². The van der Waals surface area contributed by atoms with Gasteiger partial charge in [-0.15, -0.1) is 0 Å². The van der Waals surface area contributed by atoms with Gasteiger partial charge in [0.15, 0.2) is 12.6 Å². The second-order valence-corrected chi connectivity index (χ2v) is 6.88. The monoisotopic (exact) mass is 338 g/mol. The summed E-state index contributed by atoms with van der Waals surface area (Å²) in [4.78, 5) is 0. The molecule has 0 aliphatic carbocycles. The van der Waals surface area contributed by atoms with Crippen LogP contribution in [0.15, 0.2) is 24.7 Å². The van der Waals surface area contributed by atoms with Crippen molar-refractivity contribution in [2.45, 2.75) is 75.5 Å². The Bertz CT molecular complexity index is 448. The minimum atomic E-state index is -0.546. The molecule has 4 atom stereocenters. The lowest BCUT2D eigenvalue weighted by atomic mass is 10.1. The van der Waals surface area contributed by atoms with Gasteiger partial charge in [-0.1, -0.05) is 0 Å². The minimum Gasteiger partial charge on any atom is -0.468 e. The summed E-state index contributed by atoms with van der Waals surface area (Å²) in [5, 5.41) is 0. The van der Waals surface area contributed by atoms with Gasteiger partial charge in [-0.2, -0.15) is 0 Å². The molecule has 4 rings (SSSR count). The smallest absolute Gasteiger partial charge is 0.235 e. The van der Waals surface area contributed by atoms with Crippen LogP contribution in [0.1, 0.15) is 51.4 Å². The predicted octanol–water partition coefficient (Wildman–Crippen LogP) is 3.33. The number of rotatable bonds is 5. The summed E-state index contributed by atoms with van der Waals surface area (Å²) >= 11 is 0. The molecule has 6 heteroatoms. The number of ether oxygens (including phenoxy) is 6. The molecule has 4 aliphatic rings. The highest BCUT2D eigenvalue weighted by Crippen LogP contribution is 2.35. The molecule has 0 aromatic heterocycles. The lowest BCUT2D eigenvalue weighted by Crippen LogP contribution is -2.35. The van der Waals surface area contributed by atoms with Crippen LogP contribution in [0, 0.1) is 0 Å². The van der Waals surface area contributed by atoms with Crippen molar-refractivity contribution in [3.8, 4) is 0 Å². The van der Waals surface area contributed by atoms with Crippen molar-refractivity contribution in [3.05, 3.63) is 24.7 Å². The Balaban J connectivity index is 1.13. The first kappa shape index (κ1) is 16.4. The second-order valence-electron chi connectivity index (χ2n) is 6.88. The first-order valence-corrected chi connectivity index (χ1v) is 9.02. The Morgan fingerprint density at radius 2 is 1.25 bits per heavy atom. The summed E-state index contributed by atoms with van der Waals surface area (Å²) in [6.07, 6.45) is 14.6. The van der Waals surface area contributed by atoms with Crippen LogP contribution in [0.3, 0.4) is 0 Å². The van der Waals surface area contributed by atoms with E-state index in [4.69, 9.17) is 28.4 Å². The van der Waals surface area contributed by atoms with E-state index >= 15 is 0 Å². The fourth-order valence-corrected chi connectivity index (χ4v) is 3.55. The fourth-order valence-electron chi connectivity index (χ4n) is 3.55. The number of allylic oxidation sites excluding steroid dienone is 2. The molecule has 24 heavy (non-hydrogen) atoms. The Morgan fingerprint density at radius 1 is 0.750 bits per heavy atom. The zero-order chi connectivity index (χ0) is 16.3. The van der Waals surface area contributed by atoms with E-state index in [1.807, 2.05) is 12.2 Å². The lowest BCUT2D eigenvalue weighted by molar-refractivity contribution is -0.208. The summed E-state index contributed by atoms with van der Waals surface area (Å²) in [5.41, 5.74) is 0. The minimum absolute atomic E-state index is 0.167. The molecule has 2 fully saturated rings. The Morgan fingerprint density at radius 3 is 1.67 bits per heavy atom. The van der Waals surface area contributed by atoms with Crippen LogP contribution in [-0.2, 0) is 28.4 Å². The van der Waals surface area contributed by atoms with Crippen molar-refractivity contribution in [2.24, 2.45) is 0 Å². The molecule has 0 aromatic carbocycles. The number of unbranched alkanes of at least 4 members (excludes halogenated alkanes) is 1. The van der Waals surface area contributed by atoms with E-state index in [1.54, 1.807) is 12.5 Å². The third kappa shape index (κ3) is 3.61. The van der Waals surface area contributed by atoms with E-state index < -0.39 is 11.6 Å². The molecular weight excluding hydrogens is 312 g/mol. The van der Waals surface area contributed by atoms with E-state index in [2.05, 4.69) is 0 Å². The highest BCUT2D eigenvalue weighted by atomic mass is 16.8. The Kier molecular flexibility index (Phi) is 4.81. The number of hydrogen-bond acceptors (Lipinski definition) is 6. The maximum atomic E-state index is 5.97. The quantitative estimate of drug-likeness (QED) is 0.717. The maximum absolute atomic E-state index is 5.97. The zero-order valence-electron chi connectivity index (χ0n) is 14.0. The SMILES string of the molecule is C1=COC2(CC1)COC(CCCCC1OCC3(CCC=CO3)O1)O2. The van der Waals surface area contributed by atoms with Crippen LogP contribution in [0.5, 0.6) is 0 Å². The van der Waals surface area contributed by atoms with E-state index in [1.165, 1.54) is 0 Å². The summed E-state index contributed by atoms with van der Waals surface area (Å²) in [5.74, 6) is -1.09. The van der Waals surface area contributed by atoms with E-state index in [0.717, 1.165) is 51.4 Å². The topological polar surface area (TPSA) is 55.4 Å². The summed E-state index contributed by atoms with van der Waals surface area (Å²) in [6.45, 7) is 1.04. The Labute approximate surface area is 142 Å². The largest absolute Gasteiger partial charge is 0.468 e. The normalized spacial score (nSPS) is 41.0. The molecule has 4 unspecified atom stereocenters. The molecule has 0 bridgehead atoms. The van der Waals surface area contributed by atoms with Gasteiger partial charge < -0.3 is 28.4 Å². The predicted molar refractivity (Wildman–Crippen MR) is 84.5 cm³/mol. The van der Waals surface area contributed by atoms with E-state index in [0.29, 0.717) is 13.2 Å². The number of hydrogen-bond donors (Lipinski definition) is 0. The molecule has 2 spiro atoms. The molecule has 0 aromatic rings. The van der Waals surface area contributed by atoms with Crippen molar-refractivity contribution in [1.82, 2.24) is 0 Å². The van der Waals surface area contributed by atoms with Crippen LogP contribution < -0.4 is 0 Å². The maximum Gasteiger partial charge on any atom is 0.235 e. The van der Waals surface area contributed by atoms with Gasteiger partial charge in [-0.05, 0) is 50.7 Å². The second kappa shape index (κ2) is 7.04. The molecule has 2 saturated heterocycles. The zero-order valence-corrected chi connectivity index (χ0v) is 14.0. The molecule has 0 amide bonds. The van der Waals surface area contributed by atoms with E-state index in [9.17, 15) is 0 Å². The molecule has 0 radical (unpaired) electrons. The summed E-state index contributed by atoms with van der Waals surface area (Å²) in [6, 6.07) is 0. The van der Waals surface area contributed by atoms with Gasteiger partial charge in [0.25, 0.3) is 0 Å². The van der Waals surface area contributed by atoms with Gasteiger partial charge in [-0.25, -0.2) is 0 Å². The van der Waals surface area contributed by atoms with Crippen LogP contribution in [0.4, 0.5) is 0 Å². The summed E-state index contributed by atoms with van der Waals surface area (Å²) < 4.78 is 34.6. The highest BCUT2D eigenvalue weighted by molar-refractivity contribution is 4.90. The van der Waals surface area contributed by atoms with Crippen LogP contribution in [0.25, 0.3) is 0 Å². The molecular formula is C18H26O6. The van der Waals surface area contributed by atoms with Crippen molar-refractivity contribution >= 4 is 0 Å². The molecule has 0 saturated carbocycles. The average molecular weight is 338 g/mol. The summed E-state index contributed by atoms with van der Waals surface area (Å²) in [7, 11) is 0. The van der Waals surface area contributed by atoms with Gasteiger partial charge in [0, 0.05) is 12.8 Å². The van der Waals surface area contributed by atoms with Crippen LogP contribution in [-0.4, -0.2) is 37.4 Å². The highest BCUT2D eigenvalue weighted by Gasteiger charge is 2.44. The molecule has 4 heterocycles. The molecule has 4 aliphatic heterocycles. The third-order valence-corrected chi connectivity index (χ3v) is 4.94. The first-order chi connectivity index (χ1) is 11.8. The van der Waals surface area contributed by atoms with Crippen molar-refractivity contribution < 1.29 is 28.4 Å². The van der Waals surface area contributed by atoms with Crippen molar-refractivity contribution in [2.75, 3.05) is 13.2 Å². The van der Waals surface area contributed by atoms with Crippen molar-refractivity contribution in [1.29, 1.82) is 0 Å². The third-order valence-electron chi connectivity index (χ3n) is 4.94. The van der Waals surface area contributed by atoms with Crippen molar-refractivity contribution in [3.63, 3.8) is 0 Å². The standard InChI is InChI=1S/C18H26O6/c1(7-15-19-13-17(23-15)9-3-5-11-21-17)2-8-16-20-14-18(24-16)10-4-6-12-22-18/h5-6,11-12,15-16H,1-4,7-10,13-14H2. The van der Waals surface area contributed by atoms with Gasteiger partial charge >= 0.3 is 0 Å². The average Bonchev–Trinajstić information content (AvgIpc) is 3.18. The van der Waals surface area contributed by atoms with Gasteiger partial charge in [-0.3, -0.25) is 0 Å². The Hall–Kier alpha value is -1.08. The van der Waals surface area contributed by atoms with Crippen LogP contribution in [0.2, 0.25) is 0 Å². The van der Waals surface area contributed by atoms with E-state index in [-0.39, 0.29) is 12.6 Å².